The molecule has 0 saturated heterocycles. The van der Waals surface area contributed by atoms with Crippen molar-refractivity contribution < 1.29 is 4.79 Å². The predicted octanol–water partition coefficient (Wildman–Crippen LogP) is 1.68. The van der Waals surface area contributed by atoms with E-state index < -0.39 is 0 Å². The zero-order chi connectivity index (χ0) is 8.85. The van der Waals surface area contributed by atoms with Crippen molar-refractivity contribution >= 4 is 6.29 Å². The minimum absolute atomic E-state index is 0.164. The summed E-state index contributed by atoms with van der Waals surface area (Å²) in [6.45, 7) is 8.60. The van der Waals surface area contributed by atoms with E-state index >= 15 is 0 Å². The third kappa shape index (κ3) is 4.59. The topological polar surface area (TPSA) is 20.3 Å². The summed E-state index contributed by atoms with van der Waals surface area (Å²) in [5, 5.41) is 0. The van der Waals surface area contributed by atoms with Gasteiger partial charge in [0.2, 0.25) is 0 Å². The molecule has 0 heterocycles. The van der Waals surface area contributed by atoms with E-state index in [2.05, 4.69) is 11.5 Å². The van der Waals surface area contributed by atoms with Gasteiger partial charge in [0.15, 0.2) is 0 Å². The standard InChI is InChI=1S/C9H17NO/c1-8(2)10(4)6-5-9(3)7-11/h7,9H,1,5-6H2,2-4H3. The van der Waals surface area contributed by atoms with E-state index in [1.165, 1.54) is 0 Å². The maximum atomic E-state index is 10.2. The van der Waals surface area contributed by atoms with Crippen LogP contribution in [0, 0.1) is 5.92 Å². The van der Waals surface area contributed by atoms with Crippen molar-refractivity contribution in [2.75, 3.05) is 13.6 Å². The summed E-state index contributed by atoms with van der Waals surface area (Å²) in [6.07, 6.45) is 1.90. The fraction of sp³-hybridized carbons (Fsp3) is 0.667. The van der Waals surface area contributed by atoms with E-state index in [0.717, 1.165) is 24.9 Å². The van der Waals surface area contributed by atoms with Crippen LogP contribution in [-0.4, -0.2) is 24.8 Å². The summed E-state index contributed by atoms with van der Waals surface area (Å²) in [6, 6.07) is 0. The lowest BCUT2D eigenvalue weighted by Crippen LogP contribution is -2.18. The predicted molar refractivity (Wildman–Crippen MR) is 47.3 cm³/mol. The molecule has 0 saturated carbocycles. The van der Waals surface area contributed by atoms with Crippen LogP contribution in [0.5, 0.6) is 0 Å². The molecular formula is C9H17NO. The molecule has 1 unspecified atom stereocenters. The second kappa shape index (κ2) is 4.94. The molecule has 0 aromatic carbocycles. The van der Waals surface area contributed by atoms with Crippen LogP contribution < -0.4 is 0 Å². The first-order valence-electron chi connectivity index (χ1n) is 3.90. The summed E-state index contributed by atoms with van der Waals surface area (Å²) in [7, 11) is 1.99. The fourth-order valence-corrected chi connectivity index (χ4v) is 0.656. The van der Waals surface area contributed by atoms with Crippen LogP contribution in [0.1, 0.15) is 20.3 Å². The highest BCUT2D eigenvalue weighted by atomic mass is 16.1. The third-order valence-electron chi connectivity index (χ3n) is 1.80. The molecule has 0 aliphatic heterocycles. The Labute approximate surface area is 68.9 Å². The summed E-state index contributed by atoms with van der Waals surface area (Å²) < 4.78 is 0. The Kier molecular flexibility index (Phi) is 4.59. The minimum Gasteiger partial charge on any atom is -0.379 e. The highest BCUT2D eigenvalue weighted by Crippen LogP contribution is 2.02. The molecule has 2 nitrogen and oxygen atoms in total. The second-order valence-corrected chi connectivity index (χ2v) is 3.06. The molecule has 1 atom stereocenters. The van der Waals surface area contributed by atoms with Crippen molar-refractivity contribution in [3.8, 4) is 0 Å². The Morgan fingerprint density at radius 1 is 1.73 bits per heavy atom. The van der Waals surface area contributed by atoms with Gasteiger partial charge in [0.25, 0.3) is 0 Å². The number of carbonyl (C=O) groups is 1. The second-order valence-electron chi connectivity index (χ2n) is 3.06. The smallest absolute Gasteiger partial charge is 0.122 e. The van der Waals surface area contributed by atoms with Gasteiger partial charge in [-0.3, -0.25) is 0 Å². The third-order valence-corrected chi connectivity index (χ3v) is 1.80. The summed E-state index contributed by atoms with van der Waals surface area (Å²) in [5.74, 6) is 0.164. The fourth-order valence-electron chi connectivity index (χ4n) is 0.656. The lowest BCUT2D eigenvalue weighted by atomic mass is 10.1. The molecule has 0 amide bonds. The van der Waals surface area contributed by atoms with Crippen LogP contribution in [0.15, 0.2) is 12.3 Å². The zero-order valence-corrected chi connectivity index (χ0v) is 7.63. The number of carbonyl (C=O) groups excluding carboxylic acids is 1. The number of nitrogens with zero attached hydrogens (tertiary/aromatic N) is 1. The molecule has 0 N–H and O–H groups in total. The summed E-state index contributed by atoms with van der Waals surface area (Å²) in [4.78, 5) is 12.3. The quantitative estimate of drug-likeness (QED) is 0.563. The molecule has 0 aromatic rings. The van der Waals surface area contributed by atoms with E-state index in [1.807, 2.05) is 20.9 Å². The highest BCUT2D eigenvalue weighted by molar-refractivity contribution is 5.52. The molecule has 0 aliphatic rings. The molecule has 64 valence electrons. The SMILES string of the molecule is C=C(C)N(C)CCC(C)C=O. The lowest BCUT2D eigenvalue weighted by molar-refractivity contribution is -0.110. The van der Waals surface area contributed by atoms with Crippen molar-refractivity contribution in [2.24, 2.45) is 5.92 Å². The van der Waals surface area contributed by atoms with E-state index in [-0.39, 0.29) is 5.92 Å². The lowest BCUT2D eigenvalue weighted by Gasteiger charge is -2.19. The molecule has 0 aromatic heterocycles. The highest BCUT2D eigenvalue weighted by Gasteiger charge is 2.01. The van der Waals surface area contributed by atoms with Gasteiger partial charge in [0.05, 0.1) is 0 Å². The Hall–Kier alpha value is -0.790. The molecule has 2 heteroatoms. The van der Waals surface area contributed by atoms with Crippen molar-refractivity contribution in [2.45, 2.75) is 20.3 Å². The minimum atomic E-state index is 0.164. The Balaban J connectivity index is 3.53. The average Bonchev–Trinajstić information content (AvgIpc) is 1.99. The first-order valence-corrected chi connectivity index (χ1v) is 3.90. The number of allylic oxidation sites excluding steroid dienone is 1. The number of aldehydes is 1. The summed E-state index contributed by atoms with van der Waals surface area (Å²) >= 11 is 0. The normalized spacial score (nSPS) is 12.3. The Bertz CT molecular complexity index is 142. The van der Waals surface area contributed by atoms with E-state index in [4.69, 9.17) is 0 Å². The van der Waals surface area contributed by atoms with Gasteiger partial charge in [-0.1, -0.05) is 13.5 Å². The van der Waals surface area contributed by atoms with E-state index in [1.54, 1.807) is 0 Å². The molecule has 0 fully saturated rings. The first-order chi connectivity index (χ1) is 5.07. The van der Waals surface area contributed by atoms with Crippen LogP contribution in [0.2, 0.25) is 0 Å². The number of rotatable bonds is 5. The molecule has 0 aliphatic carbocycles. The maximum Gasteiger partial charge on any atom is 0.122 e. The van der Waals surface area contributed by atoms with Gasteiger partial charge >= 0.3 is 0 Å². The van der Waals surface area contributed by atoms with Gasteiger partial charge in [0, 0.05) is 25.2 Å². The van der Waals surface area contributed by atoms with Gasteiger partial charge in [0.1, 0.15) is 6.29 Å². The van der Waals surface area contributed by atoms with Gasteiger partial charge in [-0.05, 0) is 13.3 Å². The molecular weight excluding hydrogens is 138 g/mol. The molecule has 11 heavy (non-hydrogen) atoms. The van der Waals surface area contributed by atoms with Crippen molar-refractivity contribution in [1.29, 1.82) is 0 Å². The largest absolute Gasteiger partial charge is 0.379 e. The van der Waals surface area contributed by atoms with Crippen LogP contribution in [0.25, 0.3) is 0 Å². The van der Waals surface area contributed by atoms with Crippen LogP contribution in [0.4, 0.5) is 0 Å². The Morgan fingerprint density at radius 3 is 2.64 bits per heavy atom. The zero-order valence-electron chi connectivity index (χ0n) is 7.63. The number of hydrogen-bond acceptors (Lipinski definition) is 2. The first kappa shape index (κ1) is 10.2. The van der Waals surface area contributed by atoms with Gasteiger partial charge in [-0.25, -0.2) is 0 Å². The molecule has 0 spiro atoms. The van der Waals surface area contributed by atoms with E-state index in [9.17, 15) is 4.79 Å². The number of hydrogen-bond donors (Lipinski definition) is 0. The van der Waals surface area contributed by atoms with Gasteiger partial charge < -0.3 is 9.69 Å². The summed E-state index contributed by atoms with van der Waals surface area (Å²) in [5.41, 5.74) is 1.04. The van der Waals surface area contributed by atoms with Crippen molar-refractivity contribution in [3.05, 3.63) is 12.3 Å². The molecule has 0 radical (unpaired) electrons. The monoisotopic (exact) mass is 155 g/mol. The van der Waals surface area contributed by atoms with Gasteiger partial charge in [-0.2, -0.15) is 0 Å². The van der Waals surface area contributed by atoms with E-state index in [0.29, 0.717) is 0 Å². The van der Waals surface area contributed by atoms with Crippen LogP contribution in [0.3, 0.4) is 0 Å². The Morgan fingerprint density at radius 2 is 2.27 bits per heavy atom. The van der Waals surface area contributed by atoms with Crippen molar-refractivity contribution in [1.82, 2.24) is 4.90 Å². The van der Waals surface area contributed by atoms with Crippen molar-refractivity contribution in [3.63, 3.8) is 0 Å². The van der Waals surface area contributed by atoms with Crippen LogP contribution in [-0.2, 0) is 4.79 Å². The maximum absolute atomic E-state index is 10.2. The molecule has 0 rings (SSSR count). The average molecular weight is 155 g/mol. The van der Waals surface area contributed by atoms with Crippen LogP contribution >= 0.6 is 0 Å². The van der Waals surface area contributed by atoms with Gasteiger partial charge in [-0.15, -0.1) is 0 Å². The molecule has 0 bridgehead atoms.